The summed E-state index contributed by atoms with van der Waals surface area (Å²) in [5.74, 6) is 1.11. The molecular formula is C24H25ClN4O4. The molecular weight excluding hydrogens is 444 g/mol. The second kappa shape index (κ2) is 10.1. The summed E-state index contributed by atoms with van der Waals surface area (Å²) < 4.78 is 10.8. The van der Waals surface area contributed by atoms with Gasteiger partial charge in [0, 0.05) is 30.9 Å². The second-order valence-corrected chi connectivity index (χ2v) is 8.05. The van der Waals surface area contributed by atoms with Gasteiger partial charge in [-0.05, 0) is 42.3 Å². The number of rotatable bonds is 9. The van der Waals surface area contributed by atoms with E-state index in [0.717, 1.165) is 16.6 Å². The molecule has 2 heterocycles. The molecule has 2 aromatic heterocycles. The molecule has 0 aliphatic heterocycles. The van der Waals surface area contributed by atoms with E-state index in [-0.39, 0.29) is 12.1 Å². The fraction of sp³-hybridized carbons (Fsp3) is 0.250. The minimum atomic E-state index is -0.805. The number of fused-ring (bicyclic) bond motifs is 1. The van der Waals surface area contributed by atoms with Gasteiger partial charge in [-0.1, -0.05) is 23.7 Å². The number of nitrogens with zero attached hydrogens (tertiary/aromatic N) is 1. The molecule has 0 fully saturated rings. The molecule has 0 saturated carbocycles. The largest absolute Gasteiger partial charge is 0.491 e. The molecule has 0 bridgehead atoms. The number of hydrogen-bond donors (Lipinski definition) is 4. The highest BCUT2D eigenvalue weighted by Crippen LogP contribution is 2.29. The fourth-order valence-corrected chi connectivity index (χ4v) is 3.80. The normalized spacial score (nSPS) is 12.1. The molecule has 0 aliphatic rings. The Morgan fingerprint density at radius 2 is 2.06 bits per heavy atom. The molecule has 0 spiro atoms. The number of ether oxygens (including phenoxy) is 2. The Morgan fingerprint density at radius 3 is 2.85 bits per heavy atom. The van der Waals surface area contributed by atoms with E-state index >= 15 is 0 Å². The predicted molar refractivity (Wildman–Crippen MR) is 129 cm³/mol. The maximum Gasteiger partial charge on any atom is 0.261 e. The van der Waals surface area contributed by atoms with E-state index in [4.69, 9.17) is 21.1 Å². The van der Waals surface area contributed by atoms with Gasteiger partial charge in [-0.2, -0.15) is 0 Å². The summed E-state index contributed by atoms with van der Waals surface area (Å²) in [7, 11) is 1.62. The van der Waals surface area contributed by atoms with Gasteiger partial charge >= 0.3 is 0 Å². The lowest BCUT2D eigenvalue weighted by Gasteiger charge is -2.15. The zero-order chi connectivity index (χ0) is 23.4. The van der Waals surface area contributed by atoms with Gasteiger partial charge in [-0.3, -0.25) is 4.79 Å². The van der Waals surface area contributed by atoms with Gasteiger partial charge in [0.1, 0.15) is 23.7 Å². The minimum absolute atomic E-state index is 0.188. The van der Waals surface area contributed by atoms with Gasteiger partial charge in [0.25, 0.3) is 5.56 Å². The third-order valence-electron chi connectivity index (χ3n) is 5.22. The topological polar surface area (TPSA) is 112 Å². The molecule has 0 aliphatic carbocycles. The van der Waals surface area contributed by atoms with Crippen molar-refractivity contribution in [3.8, 4) is 17.1 Å². The Morgan fingerprint density at radius 1 is 1.21 bits per heavy atom. The molecule has 0 radical (unpaired) electrons. The first-order valence-electron chi connectivity index (χ1n) is 10.5. The third kappa shape index (κ3) is 5.19. The van der Waals surface area contributed by atoms with Crippen molar-refractivity contribution in [3.63, 3.8) is 0 Å². The lowest BCUT2D eigenvalue weighted by molar-refractivity contribution is 0.146. The van der Waals surface area contributed by atoms with E-state index in [1.54, 1.807) is 43.6 Å². The molecule has 4 N–H and O–H groups in total. The van der Waals surface area contributed by atoms with Crippen molar-refractivity contribution >= 4 is 28.3 Å². The molecule has 9 heteroatoms. The van der Waals surface area contributed by atoms with Crippen LogP contribution in [0.2, 0.25) is 5.02 Å². The number of methoxy groups -OCH3 is 1. The van der Waals surface area contributed by atoms with Crippen molar-refractivity contribution in [3.05, 3.63) is 75.2 Å². The molecule has 0 unspecified atom stereocenters. The van der Waals surface area contributed by atoms with Crippen LogP contribution in [0, 0.1) is 6.92 Å². The molecule has 2 aromatic carbocycles. The minimum Gasteiger partial charge on any atom is -0.491 e. The zero-order valence-electron chi connectivity index (χ0n) is 18.3. The van der Waals surface area contributed by atoms with Gasteiger partial charge in [0.2, 0.25) is 0 Å². The molecule has 1 atom stereocenters. The van der Waals surface area contributed by atoms with Gasteiger partial charge < -0.3 is 29.9 Å². The number of pyridine rings is 1. The number of aromatic nitrogens is 3. The quantitative estimate of drug-likeness (QED) is 0.276. The second-order valence-electron chi connectivity index (χ2n) is 7.61. The van der Waals surface area contributed by atoms with E-state index in [0.29, 0.717) is 46.6 Å². The van der Waals surface area contributed by atoms with Gasteiger partial charge in [0.15, 0.2) is 0 Å². The number of aliphatic hydroxyl groups excluding tert-OH is 1. The number of benzene rings is 2. The number of imidazole rings is 1. The standard InChI is InChI=1S/C24H25ClN4O4/c1-14-10-17(33-9-8-32-2)12-19-22(14)29-23(28-19)21-18(6-7-26-24(21)31)27-13-20(30)15-4-3-5-16(25)11-15/h3-7,10-12,20,30H,8-9,13H2,1-2H3,(H,28,29)(H2,26,27,31)/t20-/m1/s1. The van der Waals surface area contributed by atoms with E-state index in [2.05, 4.69) is 20.3 Å². The maximum atomic E-state index is 12.7. The smallest absolute Gasteiger partial charge is 0.261 e. The SMILES string of the molecule is COCCOc1cc(C)c2nc(-c3c(NC[C@@H](O)c4cccc(Cl)c4)cc[nH]c3=O)[nH]c2c1. The van der Waals surface area contributed by atoms with Crippen LogP contribution in [0.25, 0.3) is 22.4 Å². The van der Waals surface area contributed by atoms with Crippen LogP contribution >= 0.6 is 11.6 Å². The van der Waals surface area contributed by atoms with Crippen LogP contribution in [0.1, 0.15) is 17.2 Å². The lowest BCUT2D eigenvalue weighted by Crippen LogP contribution is -2.17. The number of H-pyrrole nitrogens is 2. The van der Waals surface area contributed by atoms with Crippen LogP contribution in [-0.2, 0) is 4.74 Å². The number of hydrogen-bond acceptors (Lipinski definition) is 6. The van der Waals surface area contributed by atoms with Crippen molar-refractivity contribution in [1.82, 2.24) is 15.0 Å². The summed E-state index contributed by atoms with van der Waals surface area (Å²) in [6.07, 6.45) is 0.746. The third-order valence-corrected chi connectivity index (χ3v) is 5.46. The average Bonchev–Trinajstić information content (AvgIpc) is 3.22. The molecule has 8 nitrogen and oxygen atoms in total. The Labute approximate surface area is 195 Å². The van der Waals surface area contributed by atoms with Crippen LogP contribution < -0.4 is 15.6 Å². The zero-order valence-corrected chi connectivity index (χ0v) is 19.1. The summed E-state index contributed by atoms with van der Waals surface area (Å²) in [5, 5.41) is 14.3. The summed E-state index contributed by atoms with van der Waals surface area (Å²) in [6, 6.07) is 12.5. The Bertz CT molecular complexity index is 1320. The molecule has 4 rings (SSSR count). The highest BCUT2D eigenvalue weighted by Gasteiger charge is 2.17. The maximum absolute atomic E-state index is 12.7. The van der Waals surface area contributed by atoms with Crippen molar-refractivity contribution < 1.29 is 14.6 Å². The lowest BCUT2D eigenvalue weighted by atomic mass is 10.1. The summed E-state index contributed by atoms with van der Waals surface area (Å²) >= 11 is 6.03. The Hall–Kier alpha value is -3.33. The molecule has 172 valence electrons. The van der Waals surface area contributed by atoms with Crippen LogP contribution in [0.3, 0.4) is 0 Å². The highest BCUT2D eigenvalue weighted by molar-refractivity contribution is 6.30. The van der Waals surface area contributed by atoms with E-state index in [1.165, 1.54) is 0 Å². The van der Waals surface area contributed by atoms with E-state index < -0.39 is 6.10 Å². The van der Waals surface area contributed by atoms with E-state index in [1.807, 2.05) is 19.1 Å². The van der Waals surface area contributed by atoms with Crippen LogP contribution in [0.5, 0.6) is 5.75 Å². The molecule has 33 heavy (non-hydrogen) atoms. The number of nitrogens with one attached hydrogen (secondary N) is 3. The predicted octanol–water partition coefficient (Wildman–Crippen LogP) is 4.05. The molecule has 4 aromatic rings. The first kappa shape index (κ1) is 22.8. The Balaban J connectivity index is 1.62. The number of anilines is 1. The summed E-state index contributed by atoms with van der Waals surface area (Å²) in [6.45, 7) is 3.05. The van der Waals surface area contributed by atoms with Crippen molar-refractivity contribution in [2.75, 3.05) is 32.2 Å². The number of aliphatic hydroxyl groups is 1. The Kier molecular flexibility index (Phi) is 6.98. The monoisotopic (exact) mass is 468 g/mol. The van der Waals surface area contributed by atoms with E-state index in [9.17, 15) is 9.90 Å². The fourth-order valence-electron chi connectivity index (χ4n) is 3.60. The first-order valence-corrected chi connectivity index (χ1v) is 10.9. The molecule has 0 saturated heterocycles. The van der Waals surface area contributed by atoms with Gasteiger partial charge in [0.05, 0.1) is 29.4 Å². The van der Waals surface area contributed by atoms with Crippen molar-refractivity contribution in [1.29, 1.82) is 0 Å². The van der Waals surface area contributed by atoms with Crippen LogP contribution in [-0.4, -0.2) is 46.9 Å². The van der Waals surface area contributed by atoms with Crippen LogP contribution in [0.15, 0.2) is 53.5 Å². The molecule has 0 amide bonds. The van der Waals surface area contributed by atoms with Gasteiger partial charge in [-0.25, -0.2) is 4.98 Å². The number of aromatic amines is 2. The van der Waals surface area contributed by atoms with Crippen LogP contribution in [0.4, 0.5) is 5.69 Å². The first-order chi connectivity index (χ1) is 16.0. The van der Waals surface area contributed by atoms with Gasteiger partial charge in [-0.15, -0.1) is 0 Å². The summed E-state index contributed by atoms with van der Waals surface area (Å²) in [5.41, 5.74) is 3.71. The highest BCUT2D eigenvalue weighted by atomic mass is 35.5. The summed E-state index contributed by atoms with van der Waals surface area (Å²) in [4.78, 5) is 23.3. The van der Waals surface area contributed by atoms with Crippen molar-refractivity contribution in [2.45, 2.75) is 13.0 Å². The number of aryl methyl sites for hydroxylation is 1. The average molecular weight is 469 g/mol. The van der Waals surface area contributed by atoms with Crippen molar-refractivity contribution in [2.24, 2.45) is 0 Å². The number of halogens is 1.